The van der Waals surface area contributed by atoms with E-state index >= 15 is 0 Å². The molecule has 1 N–H and O–H groups in total. The maximum atomic E-state index is 13.8. The SMILES string of the molecule is O=C(CN1CCN(C(=O)c2cc(C(F)(F)F)cc(C(F)(F)F)c2)[C@H](Cc2c[nH]c3ccccc23)C1)N1CCC(N2CCCCC2)CC1. The van der Waals surface area contributed by atoms with Crippen LogP contribution in [0.25, 0.3) is 10.9 Å². The van der Waals surface area contributed by atoms with Crippen molar-refractivity contribution in [2.24, 2.45) is 0 Å². The molecule has 13 heteroatoms. The van der Waals surface area contributed by atoms with E-state index in [1.807, 2.05) is 34.1 Å². The van der Waals surface area contributed by atoms with E-state index in [1.54, 1.807) is 6.20 Å². The molecule has 6 rings (SSSR count). The fraction of sp³-hybridized carbons (Fsp3) is 0.529. The third-order valence-electron chi connectivity index (χ3n) is 9.88. The van der Waals surface area contributed by atoms with Crippen molar-refractivity contribution in [2.45, 2.75) is 63.0 Å². The number of aromatic amines is 1. The fourth-order valence-corrected chi connectivity index (χ4v) is 7.36. The lowest BCUT2D eigenvalue weighted by molar-refractivity contribution is -0.143. The molecule has 47 heavy (non-hydrogen) atoms. The molecule has 0 unspecified atom stereocenters. The van der Waals surface area contributed by atoms with Crippen molar-refractivity contribution >= 4 is 22.7 Å². The number of halogens is 6. The second kappa shape index (κ2) is 13.5. The van der Waals surface area contributed by atoms with Crippen LogP contribution in [0.4, 0.5) is 26.3 Å². The molecule has 254 valence electrons. The Balaban J connectivity index is 1.20. The van der Waals surface area contributed by atoms with Gasteiger partial charge in [-0.05, 0) is 75.0 Å². The van der Waals surface area contributed by atoms with Gasteiger partial charge in [0, 0.05) is 67.5 Å². The third-order valence-corrected chi connectivity index (χ3v) is 9.88. The summed E-state index contributed by atoms with van der Waals surface area (Å²) in [7, 11) is 0. The highest BCUT2D eigenvalue weighted by molar-refractivity contribution is 5.95. The molecule has 2 aromatic carbocycles. The van der Waals surface area contributed by atoms with Crippen LogP contribution in [0, 0.1) is 0 Å². The van der Waals surface area contributed by atoms with E-state index in [-0.39, 0.29) is 38.2 Å². The Morgan fingerprint density at radius 3 is 2.13 bits per heavy atom. The molecule has 7 nitrogen and oxygen atoms in total. The van der Waals surface area contributed by atoms with Crippen molar-refractivity contribution < 1.29 is 35.9 Å². The summed E-state index contributed by atoms with van der Waals surface area (Å²) in [6.07, 6.45) is -2.50. The van der Waals surface area contributed by atoms with Gasteiger partial charge in [-0.2, -0.15) is 26.3 Å². The third kappa shape index (κ3) is 7.61. The van der Waals surface area contributed by atoms with Crippen LogP contribution in [0.2, 0.25) is 0 Å². The highest BCUT2D eigenvalue weighted by atomic mass is 19.4. The Labute approximate surface area is 269 Å². The van der Waals surface area contributed by atoms with Crippen molar-refractivity contribution in [2.75, 3.05) is 52.4 Å². The molecule has 4 heterocycles. The van der Waals surface area contributed by atoms with Crippen LogP contribution < -0.4 is 0 Å². The monoisotopic (exact) mass is 663 g/mol. The number of likely N-dealkylation sites (tertiary alicyclic amines) is 2. The van der Waals surface area contributed by atoms with Crippen molar-refractivity contribution in [3.8, 4) is 0 Å². The van der Waals surface area contributed by atoms with Crippen LogP contribution in [-0.2, 0) is 23.6 Å². The summed E-state index contributed by atoms with van der Waals surface area (Å²) >= 11 is 0. The van der Waals surface area contributed by atoms with Gasteiger partial charge >= 0.3 is 12.4 Å². The summed E-state index contributed by atoms with van der Waals surface area (Å²) in [5, 5.41) is 0.906. The maximum Gasteiger partial charge on any atom is 0.416 e. The standard InChI is InChI=1S/C34H39F6N5O2/c35-33(36,37)25-16-23(17-26(19-25)34(38,39)40)32(47)45-15-14-42(21-28(45)18-24-20-41-30-7-3-2-6-29(24)30)22-31(46)44-12-8-27(9-13-44)43-10-4-1-5-11-43/h2-3,6-7,16-17,19-20,27-28,41H,1,4-5,8-15,18,21-22H2/t28-/m1/s1. The molecule has 3 aliphatic heterocycles. The molecule has 0 radical (unpaired) electrons. The number of nitrogens with one attached hydrogen (secondary N) is 1. The lowest BCUT2D eigenvalue weighted by atomic mass is 9.98. The minimum Gasteiger partial charge on any atom is -0.361 e. The van der Waals surface area contributed by atoms with Crippen LogP contribution >= 0.6 is 0 Å². The number of benzene rings is 2. The first-order valence-electron chi connectivity index (χ1n) is 16.3. The largest absolute Gasteiger partial charge is 0.416 e. The summed E-state index contributed by atoms with van der Waals surface area (Å²) in [5.74, 6) is -0.919. The number of piperidine rings is 2. The lowest BCUT2D eigenvalue weighted by Gasteiger charge is -2.43. The summed E-state index contributed by atoms with van der Waals surface area (Å²) in [4.78, 5) is 38.1. The molecule has 0 spiro atoms. The molecular formula is C34H39F6N5O2. The number of rotatable bonds is 6. The molecule has 1 aromatic heterocycles. The van der Waals surface area contributed by atoms with Gasteiger partial charge in [0.2, 0.25) is 5.91 Å². The van der Waals surface area contributed by atoms with E-state index < -0.39 is 41.0 Å². The van der Waals surface area contributed by atoms with Gasteiger partial charge in [-0.1, -0.05) is 24.6 Å². The normalized spacial score (nSPS) is 21.0. The van der Waals surface area contributed by atoms with Gasteiger partial charge in [0.15, 0.2) is 0 Å². The average molecular weight is 664 g/mol. The minimum atomic E-state index is -5.07. The summed E-state index contributed by atoms with van der Waals surface area (Å²) in [5.41, 5.74) is -2.01. The Morgan fingerprint density at radius 2 is 1.47 bits per heavy atom. The molecule has 3 saturated heterocycles. The van der Waals surface area contributed by atoms with E-state index in [0.29, 0.717) is 37.7 Å². The molecule has 3 fully saturated rings. The smallest absolute Gasteiger partial charge is 0.361 e. The number of piperazine rings is 1. The summed E-state index contributed by atoms with van der Waals surface area (Å²) in [6.45, 7) is 4.25. The number of carbonyl (C=O) groups is 2. The second-order valence-corrected chi connectivity index (χ2v) is 13.0. The van der Waals surface area contributed by atoms with E-state index in [9.17, 15) is 35.9 Å². The number of hydrogen-bond donors (Lipinski definition) is 1. The molecule has 0 bridgehead atoms. The first-order valence-corrected chi connectivity index (χ1v) is 16.3. The van der Waals surface area contributed by atoms with E-state index in [0.717, 1.165) is 42.4 Å². The number of para-hydroxylation sites is 1. The molecular weight excluding hydrogens is 624 g/mol. The zero-order valence-corrected chi connectivity index (χ0v) is 26.0. The molecule has 3 aliphatic rings. The zero-order valence-electron chi connectivity index (χ0n) is 26.0. The fourth-order valence-electron chi connectivity index (χ4n) is 7.36. The van der Waals surface area contributed by atoms with Crippen LogP contribution in [-0.4, -0.2) is 101 Å². The Hall–Kier alpha value is -3.58. The molecule has 1 atom stereocenters. The highest BCUT2D eigenvalue weighted by Gasteiger charge is 2.40. The maximum absolute atomic E-state index is 13.8. The van der Waals surface area contributed by atoms with Gasteiger partial charge < -0.3 is 19.7 Å². The highest BCUT2D eigenvalue weighted by Crippen LogP contribution is 2.37. The number of alkyl halides is 6. The van der Waals surface area contributed by atoms with Gasteiger partial charge in [0.1, 0.15) is 0 Å². The topological polar surface area (TPSA) is 62.9 Å². The molecule has 0 saturated carbocycles. The average Bonchev–Trinajstić information content (AvgIpc) is 3.46. The number of nitrogens with zero attached hydrogens (tertiary/aromatic N) is 4. The minimum absolute atomic E-state index is 0.0135. The van der Waals surface area contributed by atoms with Crippen molar-refractivity contribution in [1.29, 1.82) is 0 Å². The molecule has 2 amide bonds. The van der Waals surface area contributed by atoms with Gasteiger partial charge in [-0.15, -0.1) is 0 Å². The van der Waals surface area contributed by atoms with Gasteiger partial charge in [0.25, 0.3) is 5.91 Å². The molecule has 0 aliphatic carbocycles. The van der Waals surface area contributed by atoms with E-state index in [4.69, 9.17) is 0 Å². The number of amides is 2. The van der Waals surface area contributed by atoms with Crippen LogP contribution in [0.5, 0.6) is 0 Å². The quantitative estimate of drug-likeness (QED) is 0.327. The Bertz CT molecular complexity index is 1540. The number of carbonyl (C=O) groups excluding carboxylic acids is 2. The lowest BCUT2D eigenvalue weighted by Crippen LogP contribution is -2.58. The van der Waals surface area contributed by atoms with E-state index in [2.05, 4.69) is 9.88 Å². The van der Waals surface area contributed by atoms with Gasteiger partial charge in [-0.3, -0.25) is 14.5 Å². The summed E-state index contributed by atoms with van der Waals surface area (Å²) in [6, 6.07) is 8.43. The van der Waals surface area contributed by atoms with Crippen LogP contribution in [0.3, 0.4) is 0 Å². The van der Waals surface area contributed by atoms with Crippen LogP contribution in [0.1, 0.15) is 59.2 Å². The summed E-state index contributed by atoms with van der Waals surface area (Å²) < 4.78 is 81.7. The van der Waals surface area contributed by atoms with Crippen LogP contribution in [0.15, 0.2) is 48.7 Å². The Morgan fingerprint density at radius 1 is 0.809 bits per heavy atom. The zero-order chi connectivity index (χ0) is 33.3. The van der Waals surface area contributed by atoms with Gasteiger partial charge in [0.05, 0.1) is 17.7 Å². The number of hydrogen-bond acceptors (Lipinski definition) is 4. The number of aromatic nitrogens is 1. The predicted octanol–water partition coefficient (Wildman–Crippen LogP) is 6.05. The Kier molecular flexibility index (Phi) is 9.57. The first-order chi connectivity index (χ1) is 22.4. The second-order valence-electron chi connectivity index (χ2n) is 13.0. The van der Waals surface area contributed by atoms with Gasteiger partial charge in [-0.25, -0.2) is 0 Å². The van der Waals surface area contributed by atoms with E-state index in [1.165, 1.54) is 24.2 Å². The first kappa shape index (κ1) is 33.3. The van der Waals surface area contributed by atoms with Crippen molar-refractivity contribution in [1.82, 2.24) is 24.6 Å². The number of H-pyrrole nitrogens is 1. The van der Waals surface area contributed by atoms with Crippen molar-refractivity contribution in [3.05, 3.63) is 70.9 Å². The predicted molar refractivity (Wildman–Crippen MR) is 165 cm³/mol. The number of fused-ring (bicyclic) bond motifs is 1. The van der Waals surface area contributed by atoms with Crippen molar-refractivity contribution in [3.63, 3.8) is 0 Å². The molecule has 3 aromatic rings.